The monoisotopic (exact) mass is 457 g/mol. The number of nitrogens with one attached hydrogen (secondary N) is 1. The van der Waals surface area contributed by atoms with Gasteiger partial charge in [0.25, 0.3) is 5.91 Å². The lowest BCUT2D eigenvalue weighted by Crippen LogP contribution is -2.23. The fraction of sp³-hybridized carbons (Fsp3) is 0.190. The number of ether oxygens (including phenoxy) is 2. The lowest BCUT2D eigenvalue weighted by atomic mass is 10.1. The van der Waals surface area contributed by atoms with E-state index in [2.05, 4.69) is 9.98 Å². The summed E-state index contributed by atoms with van der Waals surface area (Å²) in [6, 6.07) is 8.62. The maximum Gasteiger partial charge on any atom is 0.335 e. The van der Waals surface area contributed by atoms with Crippen molar-refractivity contribution < 1.29 is 24.2 Å². The highest BCUT2D eigenvalue weighted by Crippen LogP contribution is 2.26. The lowest BCUT2D eigenvalue weighted by Gasteiger charge is -2.16. The van der Waals surface area contributed by atoms with E-state index in [1.165, 1.54) is 29.2 Å². The molecule has 0 bridgehead atoms. The van der Waals surface area contributed by atoms with Crippen LogP contribution in [0.25, 0.3) is 0 Å². The van der Waals surface area contributed by atoms with E-state index in [1.807, 2.05) is 0 Å². The second kappa shape index (κ2) is 9.48. The number of aromatic carboxylic acids is 1. The van der Waals surface area contributed by atoms with E-state index in [4.69, 9.17) is 32.2 Å². The number of carboxylic acids is 1. The molecule has 0 aliphatic carbocycles. The van der Waals surface area contributed by atoms with Crippen molar-refractivity contribution >= 4 is 41.2 Å². The van der Waals surface area contributed by atoms with E-state index in [0.29, 0.717) is 18.5 Å². The molecule has 4 N–H and O–H groups in total. The van der Waals surface area contributed by atoms with Crippen molar-refractivity contribution in [3.63, 3.8) is 0 Å². The third-order valence-corrected chi connectivity index (χ3v) is 4.59. The Bertz CT molecular complexity index is 1160. The Morgan fingerprint density at radius 1 is 1.12 bits per heavy atom. The summed E-state index contributed by atoms with van der Waals surface area (Å²) in [7, 11) is 3.13. The van der Waals surface area contributed by atoms with E-state index < -0.39 is 5.97 Å². The molecule has 10 nitrogen and oxygen atoms in total. The minimum atomic E-state index is -1.19. The summed E-state index contributed by atoms with van der Waals surface area (Å²) in [5.74, 6) is -1.12. The summed E-state index contributed by atoms with van der Waals surface area (Å²) < 4.78 is 11.4. The number of amides is 1. The minimum absolute atomic E-state index is 0.0205. The van der Waals surface area contributed by atoms with Crippen LogP contribution in [-0.2, 0) is 0 Å². The van der Waals surface area contributed by atoms with E-state index in [0.717, 1.165) is 0 Å². The van der Waals surface area contributed by atoms with Crippen LogP contribution in [0.5, 0.6) is 11.5 Å². The van der Waals surface area contributed by atoms with Crippen molar-refractivity contribution in [2.75, 3.05) is 20.6 Å². The van der Waals surface area contributed by atoms with Crippen LogP contribution in [0.15, 0.2) is 46.4 Å². The van der Waals surface area contributed by atoms with Gasteiger partial charge in [0, 0.05) is 31.6 Å². The number of hydrogen-bond acceptors (Lipinski definition) is 7. The molecule has 3 rings (SSSR count). The average molecular weight is 458 g/mol. The molecule has 1 aliphatic rings. The average Bonchev–Trinajstić information content (AvgIpc) is 2.74. The fourth-order valence-corrected chi connectivity index (χ4v) is 2.88. The van der Waals surface area contributed by atoms with Crippen molar-refractivity contribution in [2.24, 2.45) is 15.7 Å². The maximum absolute atomic E-state index is 12.3. The van der Waals surface area contributed by atoms with Crippen molar-refractivity contribution in [3.8, 4) is 11.5 Å². The Kier molecular flexibility index (Phi) is 6.74. The molecule has 2 aromatic carbocycles. The van der Waals surface area contributed by atoms with E-state index in [9.17, 15) is 14.7 Å². The molecule has 2 aromatic rings. The third-order valence-electron chi connectivity index (χ3n) is 4.28. The number of aliphatic imine (C=N–C) groups is 2. The Balaban J connectivity index is 1.85. The summed E-state index contributed by atoms with van der Waals surface area (Å²) >= 11 is 6.14. The van der Waals surface area contributed by atoms with Crippen LogP contribution >= 0.6 is 11.6 Å². The quantitative estimate of drug-likeness (QED) is 0.463. The van der Waals surface area contributed by atoms with Crippen LogP contribution in [0.3, 0.4) is 0 Å². The van der Waals surface area contributed by atoms with Gasteiger partial charge in [0.2, 0.25) is 5.90 Å². The highest BCUT2D eigenvalue weighted by atomic mass is 35.5. The van der Waals surface area contributed by atoms with Crippen LogP contribution in [0.2, 0.25) is 5.02 Å². The van der Waals surface area contributed by atoms with Gasteiger partial charge in [-0.15, -0.1) is 0 Å². The molecule has 0 saturated heterocycles. The number of halogens is 1. The molecule has 0 fully saturated rings. The van der Waals surface area contributed by atoms with Crippen molar-refractivity contribution in [1.82, 2.24) is 4.90 Å². The first-order valence-corrected chi connectivity index (χ1v) is 9.73. The number of nitrogen functional groups attached to an aromatic ring is 1. The molecule has 0 aromatic heterocycles. The number of rotatable bonds is 5. The van der Waals surface area contributed by atoms with Crippen LogP contribution < -0.4 is 15.2 Å². The number of amidine groups is 2. The SMILES string of the molecule is CN(C)C(=O)c1cc(OC2=NC(Oc3cc(C(=N)N)ccc3Cl)=NCC2)cc(C(=O)O)c1. The largest absolute Gasteiger partial charge is 0.478 e. The minimum Gasteiger partial charge on any atom is -0.478 e. The Hall–Kier alpha value is -3.92. The Morgan fingerprint density at radius 2 is 1.84 bits per heavy atom. The highest BCUT2D eigenvalue weighted by molar-refractivity contribution is 6.32. The Morgan fingerprint density at radius 3 is 2.50 bits per heavy atom. The van der Waals surface area contributed by atoms with Crippen LogP contribution in [0, 0.1) is 5.41 Å². The molecule has 0 spiro atoms. The summed E-state index contributed by atoms with van der Waals surface area (Å²) in [5, 5.41) is 17.2. The van der Waals surface area contributed by atoms with Gasteiger partial charge in [-0.2, -0.15) is 4.99 Å². The van der Waals surface area contributed by atoms with Gasteiger partial charge in [0.1, 0.15) is 17.3 Å². The lowest BCUT2D eigenvalue weighted by molar-refractivity contribution is 0.0696. The second-order valence-corrected chi connectivity index (χ2v) is 7.34. The zero-order chi connectivity index (χ0) is 23.4. The molecule has 11 heteroatoms. The molecule has 0 unspecified atom stereocenters. The first-order valence-electron chi connectivity index (χ1n) is 9.35. The molecular formula is C21H20ClN5O5. The molecule has 1 heterocycles. The van der Waals surface area contributed by atoms with E-state index in [-0.39, 0.29) is 51.3 Å². The zero-order valence-electron chi connectivity index (χ0n) is 17.3. The van der Waals surface area contributed by atoms with Gasteiger partial charge in [0.15, 0.2) is 0 Å². The first-order chi connectivity index (χ1) is 15.1. The summed E-state index contributed by atoms with van der Waals surface area (Å²) in [4.78, 5) is 33.5. The van der Waals surface area contributed by atoms with Crippen LogP contribution in [0.1, 0.15) is 32.7 Å². The standard InChI is InChI=1S/C21H20ClN5O5/c1-27(2)19(28)12-7-13(20(29)30)9-14(8-12)31-17-5-6-25-21(26-17)32-16-10-11(18(23)24)3-4-15(16)22/h3-4,7-10H,5-6H2,1-2H3,(H3,23,24)(H,29,30). The molecular weight excluding hydrogens is 438 g/mol. The molecule has 166 valence electrons. The maximum atomic E-state index is 12.3. The van der Waals surface area contributed by atoms with Crippen molar-refractivity contribution in [2.45, 2.75) is 6.42 Å². The zero-order valence-corrected chi connectivity index (χ0v) is 18.0. The molecule has 1 amide bonds. The number of nitrogens with two attached hydrogens (primary N) is 1. The summed E-state index contributed by atoms with van der Waals surface area (Å²) in [5.41, 5.74) is 5.99. The predicted molar refractivity (Wildman–Crippen MR) is 119 cm³/mol. The van der Waals surface area contributed by atoms with Crippen molar-refractivity contribution in [3.05, 3.63) is 58.1 Å². The smallest absolute Gasteiger partial charge is 0.335 e. The number of benzene rings is 2. The van der Waals surface area contributed by atoms with Crippen LogP contribution in [-0.4, -0.2) is 60.3 Å². The number of hydrogen-bond donors (Lipinski definition) is 3. The second-order valence-electron chi connectivity index (χ2n) is 6.93. The van der Waals surface area contributed by atoms with Gasteiger partial charge in [-0.1, -0.05) is 11.6 Å². The number of carboxylic acid groups (broad SMARTS) is 1. The Labute approximate surface area is 188 Å². The topological polar surface area (TPSA) is 151 Å². The third kappa shape index (κ3) is 5.41. The van der Waals surface area contributed by atoms with Crippen LogP contribution in [0.4, 0.5) is 0 Å². The van der Waals surface area contributed by atoms with Crippen molar-refractivity contribution in [1.29, 1.82) is 5.41 Å². The van der Waals surface area contributed by atoms with Gasteiger partial charge in [-0.3, -0.25) is 10.2 Å². The molecule has 0 atom stereocenters. The predicted octanol–water partition coefficient (Wildman–Crippen LogP) is 2.64. The van der Waals surface area contributed by atoms with Gasteiger partial charge >= 0.3 is 12.0 Å². The highest BCUT2D eigenvalue weighted by Gasteiger charge is 2.18. The first kappa shape index (κ1) is 22.8. The van der Waals surface area contributed by atoms with Gasteiger partial charge < -0.3 is 25.2 Å². The molecule has 0 saturated carbocycles. The summed E-state index contributed by atoms with van der Waals surface area (Å²) in [6.45, 7) is 0.306. The fourth-order valence-electron chi connectivity index (χ4n) is 2.72. The molecule has 1 aliphatic heterocycles. The number of carbonyl (C=O) groups is 2. The van der Waals surface area contributed by atoms with Gasteiger partial charge in [-0.25, -0.2) is 9.79 Å². The number of nitrogens with zero attached hydrogens (tertiary/aromatic N) is 3. The van der Waals surface area contributed by atoms with E-state index in [1.54, 1.807) is 26.2 Å². The van der Waals surface area contributed by atoms with Gasteiger partial charge in [-0.05, 0) is 36.4 Å². The number of carbonyl (C=O) groups excluding carboxylic acids is 1. The van der Waals surface area contributed by atoms with E-state index >= 15 is 0 Å². The molecule has 0 radical (unpaired) electrons. The molecule has 32 heavy (non-hydrogen) atoms. The van der Waals surface area contributed by atoms with Gasteiger partial charge in [0.05, 0.1) is 17.1 Å². The normalized spacial score (nSPS) is 13.0. The summed E-state index contributed by atoms with van der Waals surface area (Å²) in [6.07, 6.45) is 0.336.